The SMILES string of the molecule is O=S(=O)(NCCN1CCCCCC1)c1ccc2c(c1)OCCCO2. The summed E-state index contributed by atoms with van der Waals surface area (Å²) in [6.07, 6.45) is 5.76. The highest BCUT2D eigenvalue weighted by atomic mass is 32.2. The Labute approximate surface area is 144 Å². The van der Waals surface area contributed by atoms with E-state index in [0.29, 0.717) is 31.3 Å². The second-order valence-corrected chi connectivity index (χ2v) is 8.08. The molecule has 0 bridgehead atoms. The number of sulfonamides is 1. The van der Waals surface area contributed by atoms with E-state index < -0.39 is 10.0 Å². The highest BCUT2D eigenvalue weighted by Crippen LogP contribution is 2.31. The molecule has 1 aromatic rings. The van der Waals surface area contributed by atoms with Crippen molar-refractivity contribution in [2.24, 2.45) is 0 Å². The van der Waals surface area contributed by atoms with Gasteiger partial charge in [-0.3, -0.25) is 0 Å². The summed E-state index contributed by atoms with van der Waals surface area (Å²) >= 11 is 0. The van der Waals surface area contributed by atoms with Crippen molar-refractivity contribution in [2.75, 3.05) is 39.4 Å². The van der Waals surface area contributed by atoms with Crippen molar-refractivity contribution in [3.05, 3.63) is 18.2 Å². The molecule has 2 aliphatic heterocycles. The van der Waals surface area contributed by atoms with E-state index >= 15 is 0 Å². The van der Waals surface area contributed by atoms with E-state index in [0.717, 1.165) is 26.1 Å². The topological polar surface area (TPSA) is 67.9 Å². The van der Waals surface area contributed by atoms with Crippen LogP contribution in [0.1, 0.15) is 32.1 Å². The summed E-state index contributed by atoms with van der Waals surface area (Å²) in [5.74, 6) is 1.11. The fourth-order valence-electron chi connectivity index (χ4n) is 3.09. The Bertz CT molecular complexity index is 640. The standard InChI is InChI=1S/C17H26N2O4S/c20-24(21,18-8-11-19-9-3-1-2-4-10-19)15-6-7-16-17(14-15)23-13-5-12-22-16/h6-7,14,18H,1-5,8-13H2. The number of likely N-dealkylation sites (tertiary alicyclic amines) is 1. The van der Waals surface area contributed by atoms with Crippen LogP contribution in [0.15, 0.2) is 23.1 Å². The van der Waals surface area contributed by atoms with Crippen LogP contribution in [0.4, 0.5) is 0 Å². The third-order valence-corrected chi connectivity index (χ3v) is 5.91. The van der Waals surface area contributed by atoms with Crippen molar-refractivity contribution in [1.82, 2.24) is 9.62 Å². The highest BCUT2D eigenvalue weighted by molar-refractivity contribution is 7.89. The van der Waals surface area contributed by atoms with Crippen molar-refractivity contribution in [3.63, 3.8) is 0 Å². The Kier molecular flexibility index (Phi) is 5.97. The first kappa shape index (κ1) is 17.5. The summed E-state index contributed by atoms with van der Waals surface area (Å²) in [7, 11) is -3.53. The fraction of sp³-hybridized carbons (Fsp3) is 0.647. The normalized spacial score (nSPS) is 19.5. The predicted molar refractivity (Wildman–Crippen MR) is 92.1 cm³/mol. The van der Waals surface area contributed by atoms with Crippen LogP contribution < -0.4 is 14.2 Å². The number of hydrogen-bond acceptors (Lipinski definition) is 5. The van der Waals surface area contributed by atoms with Crippen molar-refractivity contribution < 1.29 is 17.9 Å². The molecule has 3 rings (SSSR count). The summed E-state index contributed by atoms with van der Waals surface area (Å²) in [5, 5.41) is 0. The Morgan fingerprint density at radius 2 is 1.67 bits per heavy atom. The van der Waals surface area contributed by atoms with Gasteiger partial charge in [-0.15, -0.1) is 0 Å². The third kappa shape index (κ3) is 4.62. The number of ether oxygens (including phenoxy) is 2. The maximum absolute atomic E-state index is 12.5. The number of nitrogens with zero attached hydrogens (tertiary/aromatic N) is 1. The largest absolute Gasteiger partial charge is 0.490 e. The summed E-state index contributed by atoms with van der Waals surface area (Å²) in [6, 6.07) is 4.79. The van der Waals surface area contributed by atoms with Gasteiger partial charge in [0, 0.05) is 25.6 Å². The Morgan fingerprint density at radius 1 is 0.958 bits per heavy atom. The first-order chi connectivity index (χ1) is 11.6. The lowest BCUT2D eigenvalue weighted by molar-refractivity contribution is 0.290. The zero-order chi connectivity index (χ0) is 16.8. The summed E-state index contributed by atoms with van der Waals surface area (Å²) in [4.78, 5) is 2.56. The van der Waals surface area contributed by atoms with Gasteiger partial charge in [-0.25, -0.2) is 13.1 Å². The zero-order valence-electron chi connectivity index (χ0n) is 14.0. The minimum Gasteiger partial charge on any atom is -0.490 e. The first-order valence-corrected chi connectivity index (χ1v) is 10.3. The Morgan fingerprint density at radius 3 is 2.42 bits per heavy atom. The van der Waals surface area contributed by atoms with Gasteiger partial charge >= 0.3 is 0 Å². The van der Waals surface area contributed by atoms with Gasteiger partial charge in [-0.2, -0.15) is 0 Å². The molecule has 1 N–H and O–H groups in total. The smallest absolute Gasteiger partial charge is 0.240 e. The molecular formula is C17H26N2O4S. The van der Waals surface area contributed by atoms with Gasteiger partial charge in [0.25, 0.3) is 0 Å². The first-order valence-electron chi connectivity index (χ1n) is 8.77. The van der Waals surface area contributed by atoms with E-state index in [-0.39, 0.29) is 4.90 Å². The van der Waals surface area contributed by atoms with E-state index in [4.69, 9.17) is 9.47 Å². The van der Waals surface area contributed by atoms with Crippen molar-refractivity contribution >= 4 is 10.0 Å². The van der Waals surface area contributed by atoms with Gasteiger partial charge in [0.2, 0.25) is 10.0 Å². The lowest BCUT2D eigenvalue weighted by Crippen LogP contribution is -2.35. The number of nitrogens with one attached hydrogen (secondary N) is 1. The van der Waals surface area contributed by atoms with Crippen LogP contribution >= 0.6 is 0 Å². The Balaban J connectivity index is 1.59. The fourth-order valence-corrected chi connectivity index (χ4v) is 4.13. The average molecular weight is 354 g/mol. The van der Waals surface area contributed by atoms with Gasteiger partial charge in [0.1, 0.15) is 0 Å². The lowest BCUT2D eigenvalue weighted by Gasteiger charge is -2.19. The maximum Gasteiger partial charge on any atom is 0.240 e. The minimum absolute atomic E-state index is 0.225. The second-order valence-electron chi connectivity index (χ2n) is 6.31. The molecule has 24 heavy (non-hydrogen) atoms. The number of fused-ring (bicyclic) bond motifs is 1. The molecule has 1 aromatic carbocycles. The van der Waals surface area contributed by atoms with E-state index in [1.807, 2.05) is 0 Å². The molecule has 1 saturated heterocycles. The van der Waals surface area contributed by atoms with Gasteiger partial charge < -0.3 is 14.4 Å². The van der Waals surface area contributed by atoms with Crippen LogP contribution in [-0.2, 0) is 10.0 Å². The number of hydrogen-bond donors (Lipinski definition) is 1. The molecule has 2 aliphatic rings. The summed E-state index contributed by atoms with van der Waals surface area (Å²) < 4.78 is 38.8. The average Bonchev–Trinajstić information content (AvgIpc) is 2.96. The molecule has 0 amide bonds. The van der Waals surface area contributed by atoms with E-state index in [9.17, 15) is 8.42 Å². The van der Waals surface area contributed by atoms with E-state index in [1.165, 1.54) is 25.7 Å². The summed E-state index contributed by atoms with van der Waals surface area (Å²) in [5.41, 5.74) is 0. The predicted octanol–water partition coefficient (Wildman–Crippen LogP) is 2.00. The maximum atomic E-state index is 12.5. The Hall–Kier alpha value is -1.31. The van der Waals surface area contributed by atoms with Crippen molar-refractivity contribution in [2.45, 2.75) is 37.0 Å². The van der Waals surface area contributed by atoms with Gasteiger partial charge in [0.15, 0.2) is 11.5 Å². The molecular weight excluding hydrogens is 328 g/mol. The molecule has 0 aliphatic carbocycles. The van der Waals surface area contributed by atoms with Crippen LogP contribution in [0, 0.1) is 0 Å². The van der Waals surface area contributed by atoms with Crippen LogP contribution in [-0.4, -0.2) is 52.7 Å². The molecule has 2 heterocycles. The summed E-state index contributed by atoms with van der Waals surface area (Å²) in [6.45, 7) is 4.43. The molecule has 134 valence electrons. The highest BCUT2D eigenvalue weighted by Gasteiger charge is 2.19. The second kappa shape index (κ2) is 8.18. The van der Waals surface area contributed by atoms with Crippen LogP contribution in [0.2, 0.25) is 0 Å². The quantitative estimate of drug-likeness (QED) is 0.876. The molecule has 7 heteroatoms. The van der Waals surface area contributed by atoms with Crippen LogP contribution in [0.25, 0.3) is 0 Å². The monoisotopic (exact) mass is 354 g/mol. The molecule has 6 nitrogen and oxygen atoms in total. The zero-order valence-corrected chi connectivity index (χ0v) is 14.8. The van der Waals surface area contributed by atoms with Gasteiger partial charge in [0.05, 0.1) is 18.1 Å². The molecule has 1 fully saturated rings. The molecule has 0 radical (unpaired) electrons. The van der Waals surface area contributed by atoms with E-state index in [2.05, 4.69) is 9.62 Å². The minimum atomic E-state index is -3.53. The third-order valence-electron chi connectivity index (χ3n) is 4.45. The molecule has 0 spiro atoms. The number of benzene rings is 1. The van der Waals surface area contributed by atoms with Crippen LogP contribution in [0.5, 0.6) is 11.5 Å². The molecule has 0 atom stereocenters. The van der Waals surface area contributed by atoms with Crippen molar-refractivity contribution in [1.29, 1.82) is 0 Å². The van der Waals surface area contributed by atoms with Gasteiger partial charge in [-0.05, 0) is 38.1 Å². The van der Waals surface area contributed by atoms with Gasteiger partial charge in [-0.1, -0.05) is 12.8 Å². The lowest BCUT2D eigenvalue weighted by atomic mass is 10.2. The van der Waals surface area contributed by atoms with Crippen molar-refractivity contribution in [3.8, 4) is 11.5 Å². The van der Waals surface area contributed by atoms with Crippen LogP contribution in [0.3, 0.4) is 0 Å². The molecule has 0 saturated carbocycles. The molecule has 0 aromatic heterocycles. The molecule has 0 unspecified atom stereocenters. The van der Waals surface area contributed by atoms with E-state index in [1.54, 1.807) is 18.2 Å². The number of rotatable bonds is 5.